The van der Waals surface area contributed by atoms with Crippen LogP contribution in [0.2, 0.25) is 0 Å². The van der Waals surface area contributed by atoms with E-state index in [4.69, 9.17) is 5.41 Å². The molecule has 0 atom stereocenters. The Hall–Kier alpha value is -0.593. The van der Waals surface area contributed by atoms with Crippen LogP contribution in [0.3, 0.4) is 0 Å². The maximum absolute atomic E-state index is 6.33. The molecular formula is C4H4NSi. The van der Waals surface area contributed by atoms with E-state index >= 15 is 0 Å². The first-order valence-electron chi connectivity index (χ1n) is 1.49. The topological polar surface area (TPSA) is 23.9 Å². The van der Waals surface area contributed by atoms with E-state index in [1.165, 1.54) is 6.08 Å². The van der Waals surface area contributed by atoms with Crippen molar-refractivity contribution in [3.8, 4) is 0 Å². The number of allylic oxidation sites excluding steroid dienone is 2. The van der Waals surface area contributed by atoms with Crippen molar-refractivity contribution < 1.29 is 0 Å². The van der Waals surface area contributed by atoms with Crippen LogP contribution in [0.4, 0.5) is 0 Å². The SMILES string of the molecule is N=C=C/C=C\[Si]. The summed E-state index contributed by atoms with van der Waals surface area (Å²) >= 11 is 0. The van der Waals surface area contributed by atoms with Gasteiger partial charge in [0.25, 0.3) is 0 Å². The predicted octanol–water partition coefficient (Wildman–Crippen LogP) is 0.473. The minimum atomic E-state index is 1.49. The molecule has 0 unspecified atom stereocenters. The summed E-state index contributed by atoms with van der Waals surface area (Å²) in [6.45, 7) is 0. The van der Waals surface area contributed by atoms with Crippen LogP contribution in [0.1, 0.15) is 0 Å². The lowest BCUT2D eigenvalue weighted by Crippen LogP contribution is -1.48. The van der Waals surface area contributed by atoms with Gasteiger partial charge in [0.15, 0.2) is 0 Å². The Bertz CT molecular complexity index is 89.7. The van der Waals surface area contributed by atoms with E-state index in [0.717, 1.165) is 0 Å². The van der Waals surface area contributed by atoms with Crippen molar-refractivity contribution in [3.05, 3.63) is 17.9 Å². The summed E-state index contributed by atoms with van der Waals surface area (Å²) in [6.07, 6.45) is 3.16. The highest BCUT2D eigenvalue weighted by molar-refractivity contribution is 6.17. The molecule has 0 bridgehead atoms. The molecule has 0 amide bonds. The molecule has 0 aromatic heterocycles. The van der Waals surface area contributed by atoms with Gasteiger partial charge >= 0.3 is 0 Å². The zero-order chi connectivity index (χ0) is 4.83. The van der Waals surface area contributed by atoms with E-state index in [1.807, 2.05) is 0 Å². The molecule has 0 saturated carbocycles. The third kappa shape index (κ3) is 3.41. The zero-order valence-electron chi connectivity index (χ0n) is 3.23. The number of rotatable bonds is 1. The van der Waals surface area contributed by atoms with Crippen LogP contribution in [0.15, 0.2) is 17.9 Å². The van der Waals surface area contributed by atoms with Crippen molar-refractivity contribution in [3.63, 3.8) is 0 Å². The number of hydrogen-bond donors (Lipinski definition) is 1. The molecule has 29 valence electrons. The molecule has 0 aliphatic carbocycles. The van der Waals surface area contributed by atoms with Gasteiger partial charge in [-0.15, -0.1) is 5.70 Å². The van der Waals surface area contributed by atoms with Gasteiger partial charge in [0.1, 0.15) is 0 Å². The molecule has 0 fully saturated rings. The van der Waals surface area contributed by atoms with Gasteiger partial charge in [-0.1, -0.05) is 6.08 Å². The van der Waals surface area contributed by atoms with Gasteiger partial charge in [0.2, 0.25) is 0 Å². The van der Waals surface area contributed by atoms with Crippen molar-refractivity contribution in [2.45, 2.75) is 0 Å². The summed E-state index contributed by atoms with van der Waals surface area (Å²) < 4.78 is 0. The zero-order valence-corrected chi connectivity index (χ0v) is 4.23. The molecule has 1 nitrogen and oxygen atoms in total. The average Bonchev–Trinajstić information content (AvgIpc) is 1.61. The summed E-state index contributed by atoms with van der Waals surface area (Å²) in [5.74, 6) is 2.08. The Kier molecular flexibility index (Phi) is 3.97. The van der Waals surface area contributed by atoms with E-state index in [0.29, 0.717) is 0 Å². The Morgan fingerprint density at radius 2 is 2.33 bits per heavy atom. The van der Waals surface area contributed by atoms with E-state index in [-0.39, 0.29) is 0 Å². The summed E-state index contributed by atoms with van der Waals surface area (Å²) in [7, 11) is 3.06. The van der Waals surface area contributed by atoms with Crippen molar-refractivity contribution >= 4 is 16.1 Å². The van der Waals surface area contributed by atoms with Crippen molar-refractivity contribution in [1.29, 1.82) is 5.41 Å². The monoisotopic (exact) mass is 94.0 g/mol. The molecular weight excluding hydrogens is 90.1 g/mol. The van der Waals surface area contributed by atoms with Crippen LogP contribution in [0, 0.1) is 5.41 Å². The molecule has 6 heavy (non-hydrogen) atoms. The smallest absolute Gasteiger partial charge is 0.0601 e. The maximum atomic E-state index is 6.33. The van der Waals surface area contributed by atoms with E-state index in [1.54, 1.807) is 11.8 Å². The highest BCUT2D eigenvalue weighted by Crippen LogP contribution is 1.59. The molecule has 0 aliphatic rings. The van der Waals surface area contributed by atoms with Gasteiger partial charge in [0.05, 0.1) is 10.2 Å². The first-order valence-corrected chi connectivity index (χ1v) is 2.07. The van der Waals surface area contributed by atoms with Gasteiger partial charge < -0.3 is 0 Å². The normalized spacial score (nSPS) is 8.17. The van der Waals surface area contributed by atoms with E-state index in [2.05, 4.69) is 16.1 Å². The first-order chi connectivity index (χ1) is 2.91. The van der Waals surface area contributed by atoms with E-state index in [9.17, 15) is 0 Å². The highest BCUT2D eigenvalue weighted by atomic mass is 28.1. The number of nitrogens with one attached hydrogen (secondary N) is 1. The van der Waals surface area contributed by atoms with E-state index < -0.39 is 0 Å². The molecule has 0 spiro atoms. The minimum absolute atomic E-state index is 1.49. The largest absolute Gasteiger partial charge is 0.259 e. The van der Waals surface area contributed by atoms with Crippen LogP contribution < -0.4 is 0 Å². The Morgan fingerprint density at radius 1 is 1.67 bits per heavy atom. The fourth-order valence-electron chi connectivity index (χ4n) is 0.0962. The Labute approximate surface area is 40.3 Å². The first kappa shape index (κ1) is 5.41. The summed E-state index contributed by atoms with van der Waals surface area (Å²) in [5, 5.41) is 6.33. The summed E-state index contributed by atoms with van der Waals surface area (Å²) in [6, 6.07) is 0. The van der Waals surface area contributed by atoms with Gasteiger partial charge in [-0.05, 0) is 11.9 Å². The predicted molar refractivity (Wildman–Crippen MR) is 27.2 cm³/mol. The molecule has 3 radical (unpaired) electrons. The van der Waals surface area contributed by atoms with Gasteiger partial charge in [0, 0.05) is 0 Å². The third-order valence-electron chi connectivity index (χ3n) is 0.276. The Morgan fingerprint density at radius 3 is 2.50 bits per heavy atom. The van der Waals surface area contributed by atoms with Crippen LogP contribution in [0.5, 0.6) is 0 Å². The second kappa shape index (κ2) is 4.41. The fourth-order valence-corrected chi connectivity index (χ4v) is 0.192. The molecule has 0 rings (SSSR count). The van der Waals surface area contributed by atoms with Crippen LogP contribution in [-0.4, -0.2) is 16.1 Å². The molecule has 1 N–H and O–H groups in total. The lowest BCUT2D eigenvalue weighted by atomic mass is 10.6. The summed E-state index contributed by atoms with van der Waals surface area (Å²) in [4.78, 5) is 0. The second-order valence-corrected chi connectivity index (χ2v) is 1.00. The lowest BCUT2D eigenvalue weighted by molar-refractivity contribution is 1.59. The molecule has 0 aliphatic heterocycles. The second-order valence-electron chi connectivity index (χ2n) is 0.670. The van der Waals surface area contributed by atoms with Gasteiger partial charge in [-0.3, -0.25) is 5.41 Å². The highest BCUT2D eigenvalue weighted by Gasteiger charge is 1.47. The van der Waals surface area contributed by atoms with Gasteiger partial charge in [-0.2, -0.15) is 0 Å². The lowest BCUT2D eigenvalue weighted by Gasteiger charge is -1.55. The molecule has 0 saturated heterocycles. The van der Waals surface area contributed by atoms with Gasteiger partial charge in [-0.25, -0.2) is 0 Å². The molecule has 0 aromatic carbocycles. The van der Waals surface area contributed by atoms with Crippen LogP contribution in [0.25, 0.3) is 0 Å². The fraction of sp³-hybridized carbons (Fsp3) is 0. The van der Waals surface area contributed by atoms with Crippen LogP contribution >= 0.6 is 0 Å². The Balaban J connectivity index is 3.33. The maximum Gasteiger partial charge on any atom is 0.0601 e. The quantitative estimate of drug-likeness (QED) is 0.277. The average molecular weight is 94.2 g/mol. The van der Waals surface area contributed by atoms with Crippen molar-refractivity contribution in [2.75, 3.05) is 0 Å². The standard InChI is InChI=1S/C4H4NSi/c5-3-1-2-4-6/h1-2,4-5H/b4-2-. The van der Waals surface area contributed by atoms with Crippen molar-refractivity contribution in [2.24, 2.45) is 0 Å². The summed E-state index contributed by atoms with van der Waals surface area (Å²) in [5.41, 5.74) is 1.65. The molecule has 0 aromatic rings. The molecule has 2 heteroatoms. The minimum Gasteiger partial charge on any atom is -0.259 e. The third-order valence-corrected chi connectivity index (χ3v) is 0.468. The van der Waals surface area contributed by atoms with Crippen LogP contribution in [-0.2, 0) is 0 Å². The number of hydrogen-bond acceptors (Lipinski definition) is 1. The van der Waals surface area contributed by atoms with Crippen molar-refractivity contribution in [1.82, 2.24) is 0 Å². The molecule has 0 heterocycles.